The van der Waals surface area contributed by atoms with E-state index in [1.165, 1.54) is 77.8 Å². The third kappa shape index (κ3) is 4.02. The number of hydrogen-bond acceptors (Lipinski definition) is 1. The first-order valence-corrected chi connectivity index (χ1v) is 16.7. The van der Waals surface area contributed by atoms with Gasteiger partial charge in [0.15, 0.2) is 0 Å². The maximum absolute atomic E-state index is 2.47. The fraction of sp³-hybridized carbons (Fsp3) is 0.130. The van der Waals surface area contributed by atoms with E-state index in [1.54, 1.807) is 0 Å². The SMILES string of the molecule is CC1(C)c2ccccc2-c2ccc(N(c3ccc(-c4ccccc4)cc3)c3cccc4c5c(ccc34)C(C)(C)c3ccccc3-5)cc21. The smallest absolute Gasteiger partial charge is 0.0540 e. The second-order valence-corrected chi connectivity index (χ2v) is 14.2. The van der Waals surface area contributed by atoms with E-state index < -0.39 is 0 Å². The normalized spacial score (nSPS) is 14.7. The van der Waals surface area contributed by atoms with Gasteiger partial charge in [-0.05, 0) is 91.4 Å². The molecule has 7 aromatic carbocycles. The summed E-state index contributed by atoms with van der Waals surface area (Å²) in [7, 11) is 0. The summed E-state index contributed by atoms with van der Waals surface area (Å²) in [4.78, 5) is 2.47. The lowest BCUT2D eigenvalue weighted by molar-refractivity contribution is 0.660. The lowest BCUT2D eigenvalue weighted by Gasteiger charge is -2.29. The molecule has 47 heavy (non-hydrogen) atoms. The zero-order valence-electron chi connectivity index (χ0n) is 27.4. The molecule has 9 rings (SSSR count). The molecule has 1 nitrogen and oxygen atoms in total. The summed E-state index contributed by atoms with van der Waals surface area (Å²) in [5.74, 6) is 0. The Hall–Kier alpha value is -5.40. The summed E-state index contributed by atoms with van der Waals surface area (Å²) in [5, 5.41) is 2.56. The van der Waals surface area contributed by atoms with Crippen LogP contribution < -0.4 is 4.90 Å². The molecule has 226 valence electrons. The van der Waals surface area contributed by atoms with Crippen molar-refractivity contribution in [2.45, 2.75) is 38.5 Å². The monoisotopic (exact) mass is 603 g/mol. The Morgan fingerprint density at radius 1 is 0.383 bits per heavy atom. The van der Waals surface area contributed by atoms with Crippen LogP contribution in [0.5, 0.6) is 0 Å². The first-order chi connectivity index (χ1) is 22.8. The fourth-order valence-electron chi connectivity index (χ4n) is 8.43. The Labute approximate surface area is 277 Å². The van der Waals surface area contributed by atoms with E-state index in [0.717, 1.165) is 5.69 Å². The number of nitrogens with zero attached hydrogens (tertiary/aromatic N) is 1. The summed E-state index contributed by atoms with van der Waals surface area (Å²) < 4.78 is 0. The maximum Gasteiger partial charge on any atom is 0.0540 e. The van der Waals surface area contributed by atoms with Gasteiger partial charge in [0.2, 0.25) is 0 Å². The predicted octanol–water partition coefficient (Wildman–Crippen LogP) is 12.6. The van der Waals surface area contributed by atoms with Gasteiger partial charge >= 0.3 is 0 Å². The summed E-state index contributed by atoms with van der Waals surface area (Å²) in [6, 6.07) is 56.2. The van der Waals surface area contributed by atoms with Crippen molar-refractivity contribution in [2.75, 3.05) is 4.90 Å². The first kappa shape index (κ1) is 27.9. The molecule has 0 saturated carbocycles. The molecule has 0 bridgehead atoms. The lowest BCUT2D eigenvalue weighted by atomic mass is 9.82. The molecule has 0 spiro atoms. The van der Waals surface area contributed by atoms with Crippen LogP contribution in [0.4, 0.5) is 17.1 Å². The van der Waals surface area contributed by atoms with Gasteiger partial charge in [-0.15, -0.1) is 0 Å². The van der Waals surface area contributed by atoms with Gasteiger partial charge in [-0.3, -0.25) is 0 Å². The van der Waals surface area contributed by atoms with E-state index in [1.807, 2.05) is 0 Å². The van der Waals surface area contributed by atoms with Gasteiger partial charge < -0.3 is 4.90 Å². The Morgan fingerprint density at radius 3 is 1.74 bits per heavy atom. The fourth-order valence-corrected chi connectivity index (χ4v) is 8.43. The van der Waals surface area contributed by atoms with Crippen LogP contribution >= 0.6 is 0 Å². The average molecular weight is 604 g/mol. The number of benzene rings is 7. The third-order valence-electron chi connectivity index (χ3n) is 10.9. The highest BCUT2D eigenvalue weighted by molar-refractivity contribution is 6.09. The van der Waals surface area contributed by atoms with E-state index in [9.17, 15) is 0 Å². The molecule has 0 N–H and O–H groups in total. The average Bonchev–Trinajstić information content (AvgIpc) is 3.49. The molecule has 0 heterocycles. The second kappa shape index (κ2) is 10.0. The van der Waals surface area contributed by atoms with E-state index in [4.69, 9.17) is 0 Å². The molecule has 0 unspecified atom stereocenters. The van der Waals surface area contributed by atoms with Crippen LogP contribution in [0.1, 0.15) is 49.9 Å². The van der Waals surface area contributed by atoms with Crippen LogP contribution in [0.25, 0.3) is 44.2 Å². The van der Waals surface area contributed by atoms with Gasteiger partial charge in [0.25, 0.3) is 0 Å². The van der Waals surface area contributed by atoms with Crippen molar-refractivity contribution in [3.63, 3.8) is 0 Å². The van der Waals surface area contributed by atoms with Gasteiger partial charge in [0.1, 0.15) is 0 Å². The lowest BCUT2D eigenvalue weighted by Crippen LogP contribution is -2.17. The Morgan fingerprint density at radius 2 is 0.979 bits per heavy atom. The molecule has 1 heteroatoms. The molecule has 0 aromatic heterocycles. The van der Waals surface area contributed by atoms with Crippen molar-refractivity contribution in [1.82, 2.24) is 0 Å². The quantitative estimate of drug-likeness (QED) is 0.193. The molecule has 0 aliphatic heterocycles. The molecule has 2 aliphatic rings. The van der Waals surface area contributed by atoms with E-state index >= 15 is 0 Å². The third-order valence-corrected chi connectivity index (χ3v) is 10.9. The van der Waals surface area contributed by atoms with Gasteiger partial charge in [0.05, 0.1) is 5.69 Å². The standard InChI is InChI=1S/C46H37N/c1-45(2)40-19-11-9-16-38(40)44-37-17-12-20-43(36(37)27-28-41(44)45)47(32-23-21-31(22-24-32)30-13-6-5-7-14-30)33-25-26-35-34-15-8-10-18-39(34)46(3,4)42(35)29-33/h5-29H,1-4H3. The van der Waals surface area contributed by atoms with E-state index in [0.29, 0.717) is 0 Å². The minimum Gasteiger partial charge on any atom is -0.310 e. The molecule has 0 atom stereocenters. The Balaban J connectivity index is 1.27. The van der Waals surface area contributed by atoms with Gasteiger partial charge in [-0.2, -0.15) is 0 Å². The van der Waals surface area contributed by atoms with Crippen molar-refractivity contribution < 1.29 is 0 Å². The van der Waals surface area contributed by atoms with Crippen LogP contribution in [0.3, 0.4) is 0 Å². The molecule has 0 fully saturated rings. The molecular weight excluding hydrogens is 567 g/mol. The first-order valence-electron chi connectivity index (χ1n) is 16.7. The topological polar surface area (TPSA) is 3.24 Å². The van der Waals surface area contributed by atoms with E-state index in [-0.39, 0.29) is 10.8 Å². The van der Waals surface area contributed by atoms with Crippen molar-refractivity contribution in [2.24, 2.45) is 0 Å². The number of hydrogen-bond donors (Lipinski definition) is 0. The number of anilines is 3. The molecule has 0 saturated heterocycles. The minimum absolute atomic E-state index is 0.0380. The number of rotatable bonds is 4. The predicted molar refractivity (Wildman–Crippen MR) is 199 cm³/mol. The molecular formula is C46H37N. The van der Waals surface area contributed by atoms with Gasteiger partial charge in [-0.1, -0.05) is 149 Å². The van der Waals surface area contributed by atoms with Gasteiger partial charge in [-0.25, -0.2) is 0 Å². The van der Waals surface area contributed by atoms with Gasteiger partial charge in [0, 0.05) is 27.6 Å². The summed E-state index contributed by atoms with van der Waals surface area (Å²) in [5.41, 5.74) is 16.8. The Bertz CT molecular complexity index is 2340. The highest BCUT2D eigenvalue weighted by Crippen LogP contribution is 2.54. The zero-order chi connectivity index (χ0) is 31.9. The molecule has 7 aromatic rings. The summed E-state index contributed by atoms with van der Waals surface area (Å²) >= 11 is 0. The van der Waals surface area contributed by atoms with Crippen molar-refractivity contribution in [3.05, 3.63) is 174 Å². The zero-order valence-corrected chi connectivity index (χ0v) is 27.4. The van der Waals surface area contributed by atoms with Crippen molar-refractivity contribution in [1.29, 1.82) is 0 Å². The summed E-state index contributed by atoms with van der Waals surface area (Å²) in [6.07, 6.45) is 0. The van der Waals surface area contributed by atoms with Crippen LogP contribution in [0, 0.1) is 0 Å². The summed E-state index contributed by atoms with van der Waals surface area (Å²) in [6.45, 7) is 9.44. The molecule has 0 amide bonds. The van der Waals surface area contributed by atoms with Crippen LogP contribution in [-0.2, 0) is 10.8 Å². The van der Waals surface area contributed by atoms with E-state index in [2.05, 4.69) is 184 Å². The maximum atomic E-state index is 2.47. The largest absolute Gasteiger partial charge is 0.310 e. The minimum atomic E-state index is -0.0837. The van der Waals surface area contributed by atoms with Crippen LogP contribution in [0.2, 0.25) is 0 Å². The Kier molecular flexibility index (Phi) is 5.96. The second-order valence-electron chi connectivity index (χ2n) is 14.2. The van der Waals surface area contributed by atoms with Crippen LogP contribution in [-0.4, -0.2) is 0 Å². The molecule has 2 aliphatic carbocycles. The van der Waals surface area contributed by atoms with Crippen LogP contribution in [0.15, 0.2) is 152 Å². The highest BCUT2D eigenvalue weighted by atomic mass is 15.1. The highest BCUT2D eigenvalue weighted by Gasteiger charge is 2.37. The number of fused-ring (bicyclic) bond motifs is 8. The van der Waals surface area contributed by atoms with Crippen molar-refractivity contribution >= 4 is 27.8 Å². The van der Waals surface area contributed by atoms with Crippen molar-refractivity contribution in [3.8, 4) is 33.4 Å². The molecule has 0 radical (unpaired) electrons.